The van der Waals surface area contributed by atoms with Crippen molar-refractivity contribution in [2.75, 3.05) is 11.5 Å². The number of rotatable bonds is 1. The lowest BCUT2D eigenvalue weighted by Crippen LogP contribution is -2.29. The van der Waals surface area contributed by atoms with Crippen LogP contribution in [0.2, 0.25) is 0 Å². The standard InChI is InChI=1S/C11H20O2S/c12-14(13)8-6-11(7-9-14)10-4-2-1-3-5-10/h10-11H,1-9H2. The van der Waals surface area contributed by atoms with Gasteiger partial charge in [-0.25, -0.2) is 8.42 Å². The molecule has 1 saturated carbocycles. The number of sulfone groups is 1. The highest BCUT2D eigenvalue weighted by Crippen LogP contribution is 2.35. The maximum Gasteiger partial charge on any atom is 0.150 e. The fourth-order valence-corrected chi connectivity index (χ4v) is 4.51. The third-order valence-corrected chi connectivity index (χ3v) is 5.63. The molecule has 0 aromatic carbocycles. The first-order chi connectivity index (χ1) is 6.67. The van der Waals surface area contributed by atoms with Crippen molar-refractivity contribution < 1.29 is 8.42 Å². The Balaban J connectivity index is 1.88. The first-order valence-electron chi connectivity index (χ1n) is 5.88. The highest BCUT2D eigenvalue weighted by molar-refractivity contribution is 7.91. The van der Waals surface area contributed by atoms with Gasteiger partial charge in [-0.1, -0.05) is 32.1 Å². The summed E-state index contributed by atoms with van der Waals surface area (Å²) in [6.45, 7) is 0. The van der Waals surface area contributed by atoms with Crippen LogP contribution in [-0.2, 0) is 9.84 Å². The molecule has 0 N–H and O–H groups in total. The fraction of sp³-hybridized carbons (Fsp3) is 1.00. The Morgan fingerprint density at radius 3 is 1.79 bits per heavy atom. The van der Waals surface area contributed by atoms with Gasteiger partial charge in [0.05, 0.1) is 11.5 Å². The van der Waals surface area contributed by atoms with Crippen LogP contribution in [0.15, 0.2) is 0 Å². The Kier molecular flexibility index (Phi) is 3.15. The average molecular weight is 216 g/mol. The highest BCUT2D eigenvalue weighted by atomic mass is 32.2. The first kappa shape index (κ1) is 10.5. The van der Waals surface area contributed by atoms with Crippen molar-refractivity contribution >= 4 is 9.84 Å². The van der Waals surface area contributed by atoms with Gasteiger partial charge in [-0.05, 0) is 24.7 Å². The van der Waals surface area contributed by atoms with E-state index in [1.165, 1.54) is 32.1 Å². The zero-order valence-electron chi connectivity index (χ0n) is 8.74. The Morgan fingerprint density at radius 1 is 0.714 bits per heavy atom. The maximum absolute atomic E-state index is 11.3. The second-order valence-corrected chi connectivity index (χ2v) is 7.19. The quantitative estimate of drug-likeness (QED) is 0.674. The molecule has 1 aliphatic heterocycles. The maximum atomic E-state index is 11.3. The van der Waals surface area contributed by atoms with Crippen LogP contribution in [-0.4, -0.2) is 19.9 Å². The van der Waals surface area contributed by atoms with Gasteiger partial charge in [0.1, 0.15) is 9.84 Å². The second-order valence-electron chi connectivity index (χ2n) is 4.89. The molecule has 2 fully saturated rings. The smallest absolute Gasteiger partial charge is 0.150 e. The molecule has 0 radical (unpaired) electrons. The lowest BCUT2D eigenvalue weighted by molar-refractivity contribution is 0.232. The molecule has 3 heteroatoms. The minimum atomic E-state index is -2.65. The number of hydrogen-bond donors (Lipinski definition) is 0. The molecule has 2 nitrogen and oxygen atoms in total. The fourth-order valence-electron chi connectivity index (χ4n) is 2.99. The molecule has 0 aromatic rings. The zero-order valence-corrected chi connectivity index (χ0v) is 9.56. The third-order valence-electron chi connectivity index (χ3n) is 3.92. The van der Waals surface area contributed by atoms with Crippen molar-refractivity contribution in [1.82, 2.24) is 0 Å². The van der Waals surface area contributed by atoms with E-state index in [0.717, 1.165) is 24.7 Å². The molecule has 0 atom stereocenters. The van der Waals surface area contributed by atoms with Gasteiger partial charge in [0, 0.05) is 0 Å². The largest absolute Gasteiger partial charge is 0.229 e. The SMILES string of the molecule is O=S1(=O)CCC(C2CCCCC2)CC1. The summed E-state index contributed by atoms with van der Waals surface area (Å²) >= 11 is 0. The van der Waals surface area contributed by atoms with Crippen molar-refractivity contribution in [3.63, 3.8) is 0 Å². The summed E-state index contributed by atoms with van der Waals surface area (Å²) in [7, 11) is -2.65. The summed E-state index contributed by atoms with van der Waals surface area (Å²) in [5, 5.41) is 0. The summed E-state index contributed by atoms with van der Waals surface area (Å²) in [4.78, 5) is 0. The minimum absolute atomic E-state index is 0.453. The first-order valence-corrected chi connectivity index (χ1v) is 7.70. The van der Waals surface area contributed by atoms with Gasteiger partial charge in [-0.2, -0.15) is 0 Å². The Morgan fingerprint density at radius 2 is 1.21 bits per heavy atom. The van der Waals surface area contributed by atoms with E-state index in [9.17, 15) is 8.42 Å². The Hall–Kier alpha value is -0.0500. The van der Waals surface area contributed by atoms with Crippen molar-refractivity contribution in [3.8, 4) is 0 Å². The molecule has 2 rings (SSSR count). The molecular formula is C11H20O2S. The monoisotopic (exact) mass is 216 g/mol. The van der Waals surface area contributed by atoms with Crippen LogP contribution in [0.1, 0.15) is 44.9 Å². The summed E-state index contributed by atoms with van der Waals surface area (Å²) in [5.41, 5.74) is 0. The molecule has 1 heterocycles. The van der Waals surface area contributed by atoms with E-state index >= 15 is 0 Å². The van der Waals surface area contributed by atoms with E-state index in [2.05, 4.69) is 0 Å². The van der Waals surface area contributed by atoms with Crippen molar-refractivity contribution in [2.45, 2.75) is 44.9 Å². The molecule has 1 saturated heterocycles. The van der Waals surface area contributed by atoms with Crippen LogP contribution in [0.25, 0.3) is 0 Å². The van der Waals surface area contributed by atoms with Gasteiger partial charge in [-0.15, -0.1) is 0 Å². The summed E-state index contributed by atoms with van der Waals surface area (Å²) in [6.07, 6.45) is 8.71. The van der Waals surface area contributed by atoms with E-state index < -0.39 is 9.84 Å². The van der Waals surface area contributed by atoms with Gasteiger partial charge in [0.15, 0.2) is 0 Å². The predicted molar refractivity (Wildman–Crippen MR) is 58.0 cm³/mol. The van der Waals surface area contributed by atoms with Crippen molar-refractivity contribution in [3.05, 3.63) is 0 Å². The lowest BCUT2D eigenvalue weighted by Gasteiger charge is -2.32. The van der Waals surface area contributed by atoms with E-state index in [4.69, 9.17) is 0 Å². The van der Waals surface area contributed by atoms with Gasteiger partial charge in [-0.3, -0.25) is 0 Å². The molecule has 14 heavy (non-hydrogen) atoms. The topological polar surface area (TPSA) is 34.1 Å². The van der Waals surface area contributed by atoms with Crippen LogP contribution in [0.4, 0.5) is 0 Å². The molecule has 0 bridgehead atoms. The van der Waals surface area contributed by atoms with Gasteiger partial charge < -0.3 is 0 Å². The molecule has 82 valence electrons. The summed E-state index contributed by atoms with van der Waals surface area (Å²) in [6, 6.07) is 0. The molecule has 1 aliphatic carbocycles. The van der Waals surface area contributed by atoms with Crippen LogP contribution >= 0.6 is 0 Å². The van der Waals surface area contributed by atoms with Crippen molar-refractivity contribution in [1.29, 1.82) is 0 Å². The zero-order chi connectivity index (χ0) is 10.0. The molecular weight excluding hydrogens is 196 g/mol. The van der Waals surface area contributed by atoms with Crippen LogP contribution in [0.5, 0.6) is 0 Å². The van der Waals surface area contributed by atoms with E-state index in [0.29, 0.717) is 11.5 Å². The van der Waals surface area contributed by atoms with E-state index in [1.807, 2.05) is 0 Å². The summed E-state index contributed by atoms with van der Waals surface area (Å²) < 4.78 is 22.6. The van der Waals surface area contributed by atoms with Crippen molar-refractivity contribution in [2.24, 2.45) is 11.8 Å². The van der Waals surface area contributed by atoms with Gasteiger partial charge in [0.25, 0.3) is 0 Å². The lowest BCUT2D eigenvalue weighted by atomic mass is 9.77. The predicted octanol–water partition coefficient (Wildman–Crippen LogP) is 2.39. The van der Waals surface area contributed by atoms with Gasteiger partial charge >= 0.3 is 0 Å². The van der Waals surface area contributed by atoms with E-state index in [1.54, 1.807) is 0 Å². The molecule has 0 aromatic heterocycles. The molecule has 0 unspecified atom stereocenters. The Bertz CT molecular complexity index is 262. The Labute approximate surface area is 87.0 Å². The minimum Gasteiger partial charge on any atom is -0.229 e. The third kappa shape index (κ3) is 2.50. The molecule has 2 aliphatic rings. The summed E-state index contributed by atoms with van der Waals surface area (Å²) in [5.74, 6) is 2.47. The average Bonchev–Trinajstić information content (AvgIpc) is 2.19. The van der Waals surface area contributed by atoms with E-state index in [-0.39, 0.29) is 0 Å². The van der Waals surface area contributed by atoms with Crippen LogP contribution in [0, 0.1) is 11.8 Å². The molecule has 0 spiro atoms. The van der Waals surface area contributed by atoms with Crippen LogP contribution in [0.3, 0.4) is 0 Å². The normalized spacial score (nSPS) is 30.3. The second kappa shape index (κ2) is 4.21. The molecule has 0 amide bonds. The number of hydrogen-bond acceptors (Lipinski definition) is 2. The highest BCUT2D eigenvalue weighted by Gasteiger charge is 2.29. The van der Waals surface area contributed by atoms with Crippen LogP contribution < -0.4 is 0 Å². The van der Waals surface area contributed by atoms with Gasteiger partial charge in [0.2, 0.25) is 0 Å².